The highest BCUT2D eigenvalue weighted by molar-refractivity contribution is 5.97. The number of nitrogens with one attached hydrogen (secondary N) is 2. The molecule has 0 saturated heterocycles. The van der Waals surface area contributed by atoms with Crippen LogP contribution in [0.1, 0.15) is 84.6 Å². The largest absolute Gasteiger partial charge is 0.373 e. The fraction of sp³-hybridized carbons (Fsp3) is 0.625. The van der Waals surface area contributed by atoms with Gasteiger partial charge in [-0.15, -0.1) is 0 Å². The minimum Gasteiger partial charge on any atom is -0.373 e. The highest BCUT2D eigenvalue weighted by atomic mass is 16.5. The molecule has 0 aromatic heterocycles. The zero-order chi connectivity index (χ0) is 22.2. The van der Waals surface area contributed by atoms with Crippen LogP contribution in [0.4, 0.5) is 10.5 Å². The highest BCUT2D eigenvalue weighted by Crippen LogP contribution is 2.34. The lowest BCUT2D eigenvalue weighted by molar-refractivity contribution is -0.130. The summed E-state index contributed by atoms with van der Waals surface area (Å²) in [5.74, 6) is 0.111. The number of carbonyl (C=O) groups excluding carboxylic acids is 2. The van der Waals surface area contributed by atoms with Crippen LogP contribution in [-0.4, -0.2) is 29.1 Å². The van der Waals surface area contributed by atoms with Gasteiger partial charge in [-0.1, -0.05) is 19.8 Å². The van der Waals surface area contributed by atoms with E-state index in [1.807, 2.05) is 20.8 Å². The highest BCUT2D eigenvalue weighted by Gasteiger charge is 2.43. The minimum atomic E-state index is -0.845. The first-order chi connectivity index (χ1) is 14.2. The van der Waals surface area contributed by atoms with Crippen molar-refractivity contribution in [2.45, 2.75) is 96.3 Å². The van der Waals surface area contributed by atoms with Crippen LogP contribution in [0, 0.1) is 11.3 Å². The number of hydrogen-bond acceptors (Lipinski definition) is 4. The van der Waals surface area contributed by atoms with E-state index in [2.05, 4.69) is 23.6 Å². The summed E-state index contributed by atoms with van der Waals surface area (Å²) in [4.78, 5) is 25.9. The Bertz CT molecular complexity index is 751. The van der Waals surface area contributed by atoms with E-state index in [4.69, 9.17) is 10.00 Å². The number of Topliss-reactive ketones (excluding diaryl/α,β-unsaturated/α-hetero) is 1. The Balaban J connectivity index is 2.06. The average molecular weight is 414 g/mol. The van der Waals surface area contributed by atoms with Crippen LogP contribution in [0.25, 0.3) is 0 Å². The van der Waals surface area contributed by atoms with Crippen LogP contribution in [-0.2, 0) is 9.53 Å². The van der Waals surface area contributed by atoms with Gasteiger partial charge in [0.2, 0.25) is 0 Å². The summed E-state index contributed by atoms with van der Waals surface area (Å²) >= 11 is 0. The van der Waals surface area contributed by atoms with E-state index in [9.17, 15) is 9.59 Å². The zero-order valence-corrected chi connectivity index (χ0v) is 18.7. The lowest BCUT2D eigenvalue weighted by atomic mass is 9.76. The molecule has 0 aliphatic heterocycles. The van der Waals surface area contributed by atoms with Crippen LogP contribution < -0.4 is 10.6 Å². The van der Waals surface area contributed by atoms with Crippen molar-refractivity contribution in [2.24, 2.45) is 0 Å². The Labute approximate surface area is 180 Å². The zero-order valence-electron chi connectivity index (χ0n) is 18.7. The van der Waals surface area contributed by atoms with Crippen molar-refractivity contribution in [1.82, 2.24) is 5.32 Å². The maximum atomic E-state index is 13.1. The molecule has 1 aromatic rings. The Morgan fingerprint density at radius 3 is 2.33 bits per heavy atom. The molecule has 0 heterocycles. The molecule has 0 unspecified atom stereocenters. The number of nitrogens with zero attached hydrogens (tertiary/aromatic N) is 1. The smallest absolute Gasteiger partial charge is 0.320 e. The Kier molecular flexibility index (Phi) is 8.43. The van der Waals surface area contributed by atoms with Crippen molar-refractivity contribution in [3.8, 4) is 6.07 Å². The molecule has 6 nitrogen and oxygen atoms in total. The third-order valence-electron chi connectivity index (χ3n) is 5.47. The normalized spacial score (nSPS) is 21.5. The van der Waals surface area contributed by atoms with Gasteiger partial charge in [0.05, 0.1) is 23.3 Å². The number of carbonyl (C=O) groups is 2. The van der Waals surface area contributed by atoms with Crippen LogP contribution in [0.15, 0.2) is 24.3 Å². The van der Waals surface area contributed by atoms with Crippen LogP contribution in [0.3, 0.4) is 0 Å². The summed E-state index contributed by atoms with van der Waals surface area (Å²) in [5.41, 5.74) is 0.0452. The molecule has 0 atom stereocenters. The molecule has 2 rings (SSSR count). The molecule has 1 fully saturated rings. The van der Waals surface area contributed by atoms with Gasteiger partial charge in [-0.25, -0.2) is 4.79 Å². The molecule has 2 amide bonds. The van der Waals surface area contributed by atoms with Gasteiger partial charge in [0.15, 0.2) is 5.78 Å². The lowest BCUT2D eigenvalue weighted by Crippen LogP contribution is -2.58. The Morgan fingerprint density at radius 2 is 1.80 bits per heavy atom. The summed E-state index contributed by atoms with van der Waals surface area (Å²) in [6.45, 7) is 8.22. The Morgan fingerprint density at radius 1 is 1.17 bits per heavy atom. The SMILES string of the molecule is CCCCCC(=O)C1(NC(=O)Nc2ccc(C#N)cc2)CCC(OC(C)(C)C)CC1. The van der Waals surface area contributed by atoms with Crippen molar-refractivity contribution >= 4 is 17.5 Å². The van der Waals surface area contributed by atoms with Gasteiger partial charge in [0, 0.05) is 12.1 Å². The second-order valence-electron chi connectivity index (χ2n) is 9.16. The molecule has 1 aliphatic carbocycles. The first-order valence-electron chi connectivity index (χ1n) is 11.0. The summed E-state index contributed by atoms with van der Waals surface area (Å²) < 4.78 is 6.11. The molecule has 1 aliphatic rings. The van der Waals surface area contributed by atoms with Gasteiger partial charge in [0.1, 0.15) is 5.54 Å². The number of ketones is 1. The molecule has 0 spiro atoms. The van der Waals surface area contributed by atoms with E-state index in [-0.39, 0.29) is 17.5 Å². The molecule has 6 heteroatoms. The van der Waals surface area contributed by atoms with Crippen molar-refractivity contribution < 1.29 is 14.3 Å². The maximum absolute atomic E-state index is 13.1. The van der Waals surface area contributed by atoms with E-state index in [0.29, 0.717) is 30.5 Å². The van der Waals surface area contributed by atoms with Gasteiger partial charge >= 0.3 is 6.03 Å². The summed E-state index contributed by atoms with van der Waals surface area (Å²) in [6, 6.07) is 8.33. The van der Waals surface area contributed by atoms with Crippen LogP contribution in [0.2, 0.25) is 0 Å². The lowest BCUT2D eigenvalue weighted by Gasteiger charge is -2.41. The van der Waals surface area contributed by atoms with Crippen molar-refractivity contribution in [1.29, 1.82) is 5.26 Å². The number of anilines is 1. The van der Waals surface area contributed by atoms with Crippen LogP contribution >= 0.6 is 0 Å². The second-order valence-corrected chi connectivity index (χ2v) is 9.16. The number of ether oxygens (including phenoxy) is 1. The number of unbranched alkanes of at least 4 members (excludes halogenated alkanes) is 2. The molecular weight excluding hydrogens is 378 g/mol. The minimum absolute atomic E-state index is 0.102. The molecule has 0 radical (unpaired) electrons. The summed E-state index contributed by atoms with van der Waals surface area (Å²) in [5, 5.41) is 14.7. The molecule has 1 aromatic carbocycles. The third kappa shape index (κ3) is 7.14. The topological polar surface area (TPSA) is 91.2 Å². The number of urea groups is 1. The summed E-state index contributed by atoms with van der Waals surface area (Å²) in [7, 11) is 0. The van der Waals surface area contributed by atoms with E-state index in [1.54, 1.807) is 24.3 Å². The Hall–Kier alpha value is -2.39. The number of rotatable bonds is 8. The van der Waals surface area contributed by atoms with E-state index >= 15 is 0 Å². The molecular formula is C24H35N3O3. The van der Waals surface area contributed by atoms with Gasteiger partial charge in [-0.2, -0.15) is 5.26 Å². The molecule has 1 saturated carbocycles. The first kappa shape index (κ1) is 23.9. The van der Waals surface area contributed by atoms with Crippen molar-refractivity contribution in [3.63, 3.8) is 0 Å². The second kappa shape index (κ2) is 10.6. The monoisotopic (exact) mass is 413 g/mol. The third-order valence-corrected chi connectivity index (χ3v) is 5.47. The average Bonchev–Trinajstić information content (AvgIpc) is 2.69. The van der Waals surface area contributed by atoms with Crippen molar-refractivity contribution in [2.75, 3.05) is 5.32 Å². The number of nitriles is 1. The quantitative estimate of drug-likeness (QED) is 0.564. The van der Waals surface area contributed by atoms with E-state index in [0.717, 1.165) is 32.1 Å². The van der Waals surface area contributed by atoms with Crippen molar-refractivity contribution in [3.05, 3.63) is 29.8 Å². The standard InChI is InChI=1S/C24H35N3O3/c1-5-6-7-8-21(28)24(15-13-20(14-16-24)30-23(2,3)4)27-22(29)26-19-11-9-18(17-25)10-12-19/h9-12,20H,5-8,13-16H2,1-4H3,(H2,26,27,29). The maximum Gasteiger partial charge on any atom is 0.320 e. The van der Waals surface area contributed by atoms with Crippen LogP contribution in [0.5, 0.6) is 0 Å². The molecule has 164 valence electrons. The fourth-order valence-electron chi connectivity index (χ4n) is 3.96. The predicted octanol–water partition coefficient (Wildman–Crippen LogP) is 5.33. The first-order valence-corrected chi connectivity index (χ1v) is 11.0. The fourth-order valence-corrected chi connectivity index (χ4v) is 3.96. The number of hydrogen-bond donors (Lipinski definition) is 2. The number of amides is 2. The van der Waals surface area contributed by atoms with E-state index in [1.165, 1.54) is 0 Å². The molecule has 0 bridgehead atoms. The van der Waals surface area contributed by atoms with Gasteiger partial charge in [-0.05, 0) is 77.1 Å². The predicted molar refractivity (Wildman–Crippen MR) is 118 cm³/mol. The van der Waals surface area contributed by atoms with Gasteiger partial charge < -0.3 is 15.4 Å². The number of benzene rings is 1. The summed E-state index contributed by atoms with van der Waals surface area (Å²) in [6.07, 6.45) is 6.14. The molecule has 2 N–H and O–H groups in total. The van der Waals surface area contributed by atoms with Gasteiger partial charge in [-0.3, -0.25) is 4.79 Å². The van der Waals surface area contributed by atoms with E-state index < -0.39 is 11.6 Å². The van der Waals surface area contributed by atoms with Gasteiger partial charge in [0.25, 0.3) is 0 Å². The molecule has 30 heavy (non-hydrogen) atoms.